The van der Waals surface area contributed by atoms with E-state index in [1.165, 1.54) is 0 Å². The average Bonchev–Trinajstić information content (AvgIpc) is 1.85. The number of rotatable bonds is 5. The molecule has 0 aromatic rings. The molecule has 2 heteroatoms. The van der Waals surface area contributed by atoms with E-state index in [0.717, 1.165) is 0 Å². The van der Waals surface area contributed by atoms with Gasteiger partial charge in [-0.15, -0.1) is 6.58 Å². The minimum Gasteiger partial charge on any atom is -0.393 e. The molecule has 0 rings (SSSR count). The van der Waals surface area contributed by atoms with Crippen molar-refractivity contribution in [3.05, 3.63) is 12.7 Å². The van der Waals surface area contributed by atoms with Gasteiger partial charge in [0, 0.05) is 6.42 Å². The van der Waals surface area contributed by atoms with E-state index in [0.29, 0.717) is 12.8 Å². The molecule has 0 radical (unpaired) electrons. The molecule has 2 unspecified atom stereocenters. The molecule has 12 heavy (non-hydrogen) atoms. The number of aliphatic hydroxyl groups excluding tert-OH is 1. The second-order valence-corrected chi connectivity index (χ2v) is 4.01. The van der Waals surface area contributed by atoms with E-state index in [1.54, 1.807) is 13.0 Å². The van der Waals surface area contributed by atoms with Crippen molar-refractivity contribution in [2.45, 2.75) is 45.3 Å². The molecule has 0 aromatic carbocycles. The first-order valence-electron chi connectivity index (χ1n) is 4.40. The van der Waals surface area contributed by atoms with Gasteiger partial charge >= 0.3 is 0 Å². The molecule has 2 atom stereocenters. The Balaban J connectivity index is 3.95. The molecule has 0 aliphatic carbocycles. The Hall–Kier alpha value is -0.340. The van der Waals surface area contributed by atoms with Crippen LogP contribution >= 0.6 is 0 Å². The van der Waals surface area contributed by atoms with E-state index in [4.69, 9.17) is 0 Å². The summed E-state index contributed by atoms with van der Waals surface area (Å²) in [6.45, 7) is 9.16. The predicted molar refractivity (Wildman–Crippen MR) is 50.9 cm³/mol. The monoisotopic (exact) mass is 172 g/mol. The van der Waals surface area contributed by atoms with Crippen molar-refractivity contribution in [2.24, 2.45) is 5.92 Å². The molecule has 2 nitrogen and oxygen atoms in total. The van der Waals surface area contributed by atoms with E-state index in [9.17, 15) is 10.2 Å². The summed E-state index contributed by atoms with van der Waals surface area (Å²) in [6, 6.07) is 0. The highest BCUT2D eigenvalue weighted by atomic mass is 16.3. The Morgan fingerprint density at radius 2 is 2.00 bits per heavy atom. The van der Waals surface area contributed by atoms with E-state index >= 15 is 0 Å². The van der Waals surface area contributed by atoms with E-state index in [1.807, 2.05) is 13.8 Å². The molecule has 0 aliphatic heterocycles. The Bertz CT molecular complexity index is 139. The van der Waals surface area contributed by atoms with Crippen molar-refractivity contribution in [3.63, 3.8) is 0 Å². The molecule has 0 bridgehead atoms. The molecular formula is C10H20O2. The van der Waals surface area contributed by atoms with Gasteiger partial charge in [-0.2, -0.15) is 0 Å². The highest BCUT2D eigenvalue weighted by molar-refractivity contribution is 4.85. The average molecular weight is 172 g/mol. The van der Waals surface area contributed by atoms with Crippen LogP contribution in [0.1, 0.15) is 33.6 Å². The molecule has 0 aromatic heterocycles. The fourth-order valence-electron chi connectivity index (χ4n) is 1.08. The fraction of sp³-hybridized carbons (Fsp3) is 0.800. The lowest BCUT2D eigenvalue weighted by Gasteiger charge is -2.26. The van der Waals surface area contributed by atoms with Crippen LogP contribution in [0.25, 0.3) is 0 Å². The summed E-state index contributed by atoms with van der Waals surface area (Å²) in [6.07, 6.45) is 2.18. The third kappa shape index (κ3) is 4.52. The molecule has 2 N–H and O–H groups in total. The first-order valence-corrected chi connectivity index (χ1v) is 4.40. The van der Waals surface area contributed by atoms with Gasteiger partial charge in [-0.05, 0) is 19.3 Å². The van der Waals surface area contributed by atoms with E-state index in [2.05, 4.69) is 6.58 Å². The van der Waals surface area contributed by atoms with Gasteiger partial charge in [-0.25, -0.2) is 0 Å². The second-order valence-electron chi connectivity index (χ2n) is 4.01. The molecule has 0 aliphatic rings. The Kier molecular flexibility index (Phi) is 4.50. The lowest BCUT2D eigenvalue weighted by atomic mass is 9.90. The second kappa shape index (κ2) is 4.63. The van der Waals surface area contributed by atoms with Gasteiger partial charge < -0.3 is 10.2 Å². The van der Waals surface area contributed by atoms with Gasteiger partial charge in [0.05, 0.1) is 11.7 Å². The summed E-state index contributed by atoms with van der Waals surface area (Å²) < 4.78 is 0. The van der Waals surface area contributed by atoms with Crippen LogP contribution in [-0.4, -0.2) is 21.9 Å². The first-order chi connectivity index (χ1) is 5.39. The van der Waals surface area contributed by atoms with Crippen molar-refractivity contribution in [3.8, 4) is 0 Å². The largest absolute Gasteiger partial charge is 0.393 e. The number of hydrogen-bond acceptors (Lipinski definition) is 2. The minimum absolute atomic E-state index is 0.196. The Labute approximate surface area is 74.9 Å². The van der Waals surface area contributed by atoms with Gasteiger partial charge in [-0.3, -0.25) is 0 Å². The van der Waals surface area contributed by atoms with Crippen LogP contribution in [0, 0.1) is 5.92 Å². The predicted octanol–water partition coefficient (Wildman–Crippen LogP) is 1.72. The molecule has 0 amide bonds. The van der Waals surface area contributed by atoms with Gasteiger partial charge in [0.25, 0.3) is 0 Å². The zero-order valence-corrected chi connectivity index (χ0v) is 8.25. The maximum Gasteiger partial charge on any atom is 0.0678 e. The number of aliphatic hydroxyl groups is 2. The Morgan fingerprint density at radius 3 is 2.33 bits per heavy atom. The first kappa shape index (κ1) is 11.7. The van der Waals surface area contributed by atoms with E-state index < -0.39 is 11.7 Å². The summed E-state index contributed by atoms with van der Waals surface area (Å²) in [5, 5.41) is 19.2. The van der Waals surface area contributed by atoms with Crippen LogP contribution in [0.4, 0.5) is 0 Å². The maximum atomic E-state index is 9.70. The smallest absolute Gasteiger partial charge is 0.0678 e. The highest BCUT2D eigenvalue weighted by Crippen LogP contribution is 2.20. The van der Waals surface area contributed by atoms with Crippen molar-refractivity contribution in [1.82, 2.24) is 0 Å². The molecule has 0 saturated carbocycles. The van der Waals surface area contributed by atoms with Crippen LogP contribution < -0.4 is 0 Å². The molecular weight excluding hydrogens is 152 g/mol. The highest BCUT2D eigenvalue weighted by Gasteiger charge is 2.24. The maximum absolute atomic E-state index is 9.70. The van der Waals surface area contributed by atoms with Crippen LogP contribution in [0.3, 0.4) is 0 Å². The lowest BCUT2D eigenvalue weighted by molar-refractivity contribution is -0.00852. The van der Waals surface area contributed by atoms with Gasteiger partial charge in [0.15, 0.2) is 0 Å². The van der Waals surface area contributed by atoms with Crippen LogP contribution in [0.15, 0.2) is 12.7 Å². The van der Waals surface area contributed by atoms with Gasteiger partial charge in [-0.1, -0.05) is 19.9 Å². The molecule has 0 heterocycles. The molecule has 0 spiro atoms. The third-order valence-corrected chi connectivity index (χ3v) is 2.00. The minimum atomic E-state index is -0.814. The van der Waals surface area contributed by atoms with Crippen molar-refractivity contribution < 1.29 is 10.2 Å². The van der Waals surface area contributed by atoms with Crippen LogP contribution in [0.5, 0.6) is 0 Å². The zero-order valence-electron chi connectivity index (χ0n) is 8.25. The Morgan fingerprint density at radius 1 is 1.50 bits per heavy atom. The molecule has 0 saturated heterocycles. The van der Waals surface area contributed by atoms with Gasteiger partial charge in [0.2, 0.25) is 0 Å². The molecule has 0 fully saturated rings. The third-order valence-electron chi connectivity index (χ3n) is 2.00. The van der Waals surface area contributed by atoms with Crippen LogP contribution in [-0.2, 0) is 0 Å². The summed E-state index contributed by atoms with van der Waals surface area (Å²) in [5.41, 5.74) is -0.814. The normalized spacial score (nSPS) is 18.8. The summed E-state index contributed by atoms with van der Waals surface area (Å²) in [7, 11) is 0. The zero-order chi connectivity index (χ0) is 9.78. The van der Waals surface area contributed by atoms with Crippen LogP contribution in [0.2, 0.25) is 0 Å². The van der Waals surface area contributed by atoms with Crippen molar-refractivity contribution in [2.75, 3.05) is 0 Å². The fourth-order valence-corrected chi connectivity index (χ4v) is 1.08. The topological polar surface area (TPSA) is 40.5 Å². The lowest BCUT2D eigenvalue weighted by Crippen LogP contribution is -2.31. The van der Waals surface area contributed by atoms with Crippen molar-refractivity contribution >= 4 is 0 Å². The standard InChI is InChI=1S/C10H20O2/c1-5-6-10(4,12)7-9(11)8(2)3/h5,8-9,11-12H,1,6-7H2,2-4H3. The summed E-state index contributed by atoms with van der Waals surface area (Å²) in [5.74, 6) is 0.196. The summed E-state index contributed by atoms with van der Waals surface area (Å²) >= 11 is 0. The quantitative estimate of drug-likeness (QED) is 0.620. The summed E-state index contributed by atoms with van der Waals surface area (Å²) in [4.78, 5) is 0. The van der Waals surface area contributed by atoms with Crippen molar-refractivity contribution in [1.29, 1.82) is 0 Å². The van der Waals surface area contributed by atoms with E-state index in [-0.39, 0.29) is 5.92 Å². The molecule has 72 valence electrons. The SMILES string of the molecule is C=CCC(C)(O)CC(O)C(C)C. The number of hydrogen-bond donors (Lipinski definition) is 2. The van der Waals surface area contributed by atoms with Gasteiger partial charge in [0.1, 0.15) is 0 Å².